The predicted molar refractivity (Wildman–Crippen MR) is 96.8 cm³/mol. The lowest BCUT2D eigenvalue weighted by molar-refractivity contribution is 0.419. The van der Waals surface area contributed by atoms with Crippen LogP contribution < -0.4 is 14.2 Å². The van der Waals surface area contributed by atoms with Gasteiger partial charge in [0.05, 0.1) is 0 Å². The molecule has 0 unspecified atom stereocenters. The average Bonchev–Trinajstić information content (AvgIpc) is 2.46. The van der Waals surface area contributed by atoms with Crippen LogP contribution in [0.3, 0.4) is 0 Å². The number of nitrogens with zero attached hydrogens (tertiary/aromatic N) is 3. The molecular formula is C18H27N3O3. The number of benzene rings is 1. The second-order valence-electron chi connectivity index (χ2n) is 5.74. The van der Waals surface area contributed by atoms with E-state index in [1.807, 2.05) is 75.6 Å². The first kappa shape index (κ1) is 19.3. The summed E-state index contributed by atoms with van der Waals surface area (Å²) in [6.07, 6.45) is 10.3. The third-order valence-corrected chi connectivity index (χ3v) is 2.54. The number of ether oxygens (including phenoxy) is 3. The molecule has 1 aromatic carbocycles. The van der Waals surface area contributed by atoms with Gasteiger partial charge < -0.3 is 28.9 Å². The van der Waals surface area contributed by atoms with Gasteiger partial charge in [-0.05, 0) is 0 Å². The van der Waals surface area contributed by atoms with E-state index in [1.165, 1.54) is 0 Å². The lowest BCUT2D eigenvalue weighted by Gasteiger charge is -2.10. The molecule has 0 amide bonds. The van der Waals surface area contributed by atoms with E-state index in [0.29, 0.717) is 17.2 Å². The summed E-state index contributed by atoms with van der Waals surface area (Å²) >= 11 is 0. The van der Waals surface area contributed by atoms with Crippen molar-refractivity contribution in [1.82, 2.24) is 14.7 Å². The maximum atomic E-state index is 5.60. The average molecular weight is 333 g/mol. The molecule has 0 saturated heterocycles. The lowest BCUT2D eigenvalue weighted by atomic mass is 10.3. The Morgan fingerprint density at radius 1 is 0.542 bits per heavy atom. The van der Waals surface area contributed by atoms with Crippen LogP contribution in [0.15, 0.2) is 55.6 Å². The Morgan fingerprint density at radius 3 is 1.00 bits per heavy atom. The molecule has 0 fully saturated rings. The van der Waals surface area contributed by atoms with Crippen molar-refractivity contribution in [3.8, 4) is 17.2 Å². The van der Waals surface area contributed by atoms with E-state index in [-0.39, 0.29) is 0 Å². The topological polar surface area (TPSA) is 37.4 Å². The molecule has 0 bridgehead atoms. The Hall–Kier alpha value is -2.76. The zero-order valence-electron chi connectivity index (χ0n) is 15.3. The first-order valence-electron chi connectivity index (χ1n) is 7.51. The van der Waals surface area contributed by atoms with Crippen LogP contribution >= 0.6 is 0 Å². The Morgan fingerprint density at radius 2 is 0.792 bits per heavy atom. The van der Waals surface area contributed by atoms with Crippen molar-refractivity contribution in [1.29, 1.82) is 0 Å². The highest BCUT2D eigenvalue weighted by Gasteiger charge is 2.03. The Bertz CT molecular complexity index is 486. The van der Waals surface area contributed by atoms with Gasteiger partial charge in [0.2, 0.25) is 0 Å². The van der Waals surface area contributed by atoms with Gasteiger partial charge in [-0.15, -0.1) is 0 Å². The van der Waals surface area contributed by atoms with Gasteiger partial charge in [-0.25, -0.2) is 0 Å². The third kappa shape index (κ3) is 8.63. The van der Waals surface area contributed by atoms with Crippen molar-refractivity contribution in [3.63, 3.8) is 0 Å². The van der Waals surface area contributed by atoms with Gasteiger partial charge >= 0.3 is 0 Å². The molecule has 0 N–H and O–H groups in total. The molecular weight excluding hydrogens is 306 g/mol. The van der Waals surface area contributed by atoms with Crippen molar-refractivity contribution >= 4 is 0 Å². The largest absolute Gasteiger partial charge is 0.463 e. The van der Waals surface area contributed by atoms with Gasteiger partial charge in [0.1, 0.15) is 36.0 Å². The van der Waals surface area contributed by atoms with Crippen LogP contribution in [0.1, 0.15) is 0 Å². The normalized spacial score (nSPS) is 11.2. The number of hydrogen-bond acceptors (Lipinski definition) is 6. The molecule has 0 heterocycles. The minimum Gasteiger partial charge on any atom is -0.463 e. The maximum Gasteiger partial charge on any atom is 0.134 e. The first-order chi connectivity index (χ1) is 11.4. The molecule has 24 heavy (non-hydrogen) atoms. The van der Waals surface area contributed by atoms with Gasteiger partial charge in [0.15, 0.2) is 0 Å². The summed E-state index contributed by atoms with van der Waals surface area (Å²) in [5, 5.41) is 0. The Labute approximate surface area is 144 Å². The molecule has 0 spiro atoms. The van der Waals surface area contributed by atoms with E-state index in [0.717, 1.165) is 0 Å². The van der Waals surface area contributed by atoms with Gasteiger partial charge in [0.25, 0.3) is 0 Å². The van der Waals surface area contributed by atoms with Gasteiger partial charge in [-0.2, -0.15) is 0 Å². The summed E-state index contributed by atoms with van der Waals surface area (Å²) in [6.45, 7) is 0. The van der Waals surface area contributed by atoms with E-state index in [9.17, 15) is 0 Å². The fourth-order valence-corrected chi connectivity index (χ4v) is 1.44. The van der Waals surface area contributed by atoms with E-state index < -0.39 is 0 Å². The van der Waals surface area contributed by atoms with E-state index in [1.54, 1.807) is 37.0 Å². The van der Waals surface area contributed by atoms with Crippen LogP contribution in [0.5, 0.6) is 17.2 Å². The van der Waals surface area contributed by atoms with Crippen molar-refractivity contribution in [2.45, 2.75) is 0 Å². The van der Waals surface area contributed by atoms with Crippen LogP contribution in [0, 0.1) is 0 Å². The predicted octanol–water partition coefficient (Wildman–Crippen LogP) is 2.92. The fourth-order valence-electron chi connectivity index (χ4n) is 1.44. The fraction of sp³-hybridized carbons (Fsp3) is 0.333. The molecule has 0 aliphatic carbocycles. The molecule has 6 nitrogen and oxygen atoms in total. The lowest BCUT2D eigenvalue weighted by Crippen LogP contribution is -2.02. The molecule has 0 aromatic heterocycles. The highest BCUT2D eigenvalue weighted by Crippen LogP contribution is 2.28. The van der Waals surface area contributed by atoms with Gasteiger partial charge in [0, 0.05) is 79.1 Å². The van der Waals surface area contributed by atoms with Crippen LogP contribution in [-0.2, 0) is 0 Å². The molecule has 0 atom stereocenters. The highest BCUT2D eigenvalue weighted by molar-refractivity contribution is 5.43. The highest BCUT2D eigenvalue weighted by atomic mass is 16.5. The molecule has 132 valence electrons. The van der Waals surface area contributed by atoms with Crippen LogP contribution in [0.4, 0.5) is 0 Å². The van der Waals surface area contributed by atoms with E-state index in [2.05, 4.69) is 0 Å². The van der Waals surface area contributed by atoms with Gasteiger partial charge in [-0.3, -0.25) is 0 Å². The second kappa shape index (κ2) is 10.1. The minimum absolute atomic E-state index is 0.622. The smallest absolute Gasteiger partial charge is 0.134 e. The van der Waals surface area contributed by atoms with Crippen LogP contribution in [0.2, 0.25) is 0 Å². The summed E-state index contributed by atoms with van der Waals surface area (Å²) in [6, 6.07) is 5.38. The molecule has 0 aliphatic heterocycles. The van der Waals surface area contributed by atoms with Crippen molar-refractivity contribution in [3.05, 3.63) is 55.6 Å². The standard InChI is InChI=1S/C18H27N3O3/c1-19(2)7-10-22-16-13-17(23-11-8-20(3)4)15-18(14-16)24-12-9-21(5)6/h7-15H,1-6H3. The zero-order chi connectivity index (χ0) is 17.9. The van der Waals surface area contributed by atoms with E-state index in [4.69, 9.17) is 14.2 Å². The quantitative estimate of drug-likeness (QED) is 0.647. The van der Waals surface area contributed by atoms with Crippen molar-refractivity contribution in [2.75, 3.05) is 42.3 Å². The van der Waals surface area contributed by atoms with Gasteiger partial charge in [-0.1, -0.05) is 0 Å². The number of rotatable bonds is 9. The first-order valence-corrected chi connectivity index (χ1v) is 7.51. The summed E-state index contributed by atoms with van der Waals surface area (Å²) in [7, 11) is 11.5. The zero-order valence-corrected chi connectivity index (χ0v) is 15.3. The van der Waals surface area contributed by atoms with Crippen LogP contribution in [-0.4, -0.2) is 57.0 Å². The Balaban J connectivity index is 2.91. The molecule has 1 aromatic rings. The monoisotopic (exact) mass is 333 g/mol. The molecule has 0 aliphatic rings. The number of hydrogen-bond donors (Lipinski definition) is 0. The van der Waals surface area contributed by atoms with Crippen molar-refractivity contribution < 1.29 is 14.2 Å². The summed E-state index contributed by atoms with van der Waals surface area (Å²) in [5.41, 5.74) is 0. The third-order valence-electron chi connectivity index (χ3n) is 2.54. The molecule has 0 saturated carbocycles. The summed E-state index contributed by atoms with van der Waals surface area (Å²) in [5.74, 6) is 1.87. The SMILES string of the molecule is CN(C)C=COc1cc(OC=CN(C)C)cc(OC=CN(C)C)c1. The molecule has 0 radical (unpaired) electrons. The minimum atomic E-state index is 0.622. The Kier molecular flexibility index (Phi) is 8.11. The van der Waals surface area contributed by atoms with E-state index >= 15 is 0 Å². The maximum absolute atomic E-state index is 5.60. The van der Waals surface area contributed by atoms with Crippen molar-refractivity contribution in [2.24, 2.45) is 0 Å². The summed E-state index contributed by atoms with van der Waals surface area (Å²) in [4.78, 5) is 5.66. The molecule has 6 heteroatoms. The second-order valence-corrected chi connectivity index (χ2v) is 5.74. The molecule has 1 rings (SSSR count). The summed E-state index contributed by atoms with van der Waals surface area (Å²) < 4.78 is 16.8. The van der Waals surface area contributed by atoms with Crippen LogP contribution in [0.25, 0.3) is 0 Å².